The third-order valence-corrected chi connectivity index (χ3v) is 2.89. The van der Waals surface area contributed by atoms with Crippen LogP contribution in [0.2, 0.25) is 0 Å². The van der Waals surface area contributed by atoms with Gasteiger partial charge in [-0.15, -0.1) is 0 Å². The average Bonchev–Trinajstić information content (AvgIpc) is 2.57. The van der Waals surface area contributed by atoms with E-state index in [2.05, 4.69) is 54.7 Å². The van der Waals surface area contributed by atoms with Crippen LogP contribution in [0.4, 0.5) is 0 Å². The van der Waals surface area contributed by atoms with Crippen LogP contribution in [0.5, 0.6) is 0 Å². The van der Waals surface area contributed by atoms with Gasteiger partial charge < -0.3 is 4.57 Å². The maximum atomic E-state index is 4.23. The molecule has 0 saturated carbocycles. The number of aromatic nitrogens is 1. The summed E-state index contributed by atoms with van der Waals surface area (Å²) >= 11 is 4.23. The molecular formula is C12H15NS. The fourth-order valence-corrected chi connectivity index (χ4v) is 1.90. The molecule has 0 spiro atoms. The molecule has 1 nitrogen and oxygen atoms in total. The highest BCUT2D eigenvalue weighted by Crippen LogP contribution is 2.17. The van der Waals surface area contributed by atoms with Gasteiger partial charge in [0.2, 0.25) is 0 Å². The summed E-state index contributed by atoms with van der Waals surface area (Å²) in [5.41, 5.74) is 2.73. The number of hydrogen-bond donors (Lipinski definition) is 1. The molecule has 2 heteroatoms. The number of aryl methyl sites for hydroxylation is 2. The highest BCUT2D eigenvalue weighted by molar-refractivity contribution is 7.80. The van der Waals surface area contributed by atoms with Crippen LogP contribution in [0, 0.1) is 0 Å². The molecule has 0 saturated heterocycles. The number of rotatable bonds is 3. The zero-order chi connectivity index (χ0) is 9.97. The summed E-state index contributed by atoms with van der Waals surface area (Å²) in [7, 11) is 2.09. The van der Waals surface area contributed by atoms with Crippen LogP contribution in [0.25, 0.3) is 10.9 Å². The Hall–Kier alpha value is -0.890. The molecule has 1 aromatic carbocycles. The van der Waals surface area contributed by atoms with Gasteiger partial charge in [0.1, 0.15) is 0 Å². The van der Waals surface area contributed by atoms with Gasteiger partial charge >= 0.3 is 0 Å². The van der Waals surface area contributed by atoms with Crippen molar-refractivity contribution < 1.29 is 0 Å². The predicted octanol–water partition coefficient (Wildman–Crippen LogP) is 3.04. The van der Waals surface area contributed by atoms with Crippen molar-refractivity contribution in [3.8, 4) is 0 Å². The quantitative estimate of drug-likeness (QED) is 0.735. The first-order chi connectivity index (χ1) is 6.81. The number of nitrogens with zero attached hydrogens (tertiary/aromatic N) is 1. The SMILES string of the molecule is Cn1ccc2ccc(CCCS)cc21. The average molecular weight is 205 g/mol. The molecule has 0 bridgehead atoms. The van der Waals surface area contributed by atoms with Gasteiger partial charge in [-0.2, -0.15) is 12.6 Å². The van der Waals surface area contributed by atoms with Crippen LogP contribution in [-0.2, 0) is 13.5 Å². The predicted molar refractivity (Wildman–Crippen MR) is 65.1 cm³/mol. The van der Waals surface area contributed by atoms with Crippen LogP contribution in [0.3, 0.4) is 0 Å². The zero-order valence-corrected chi connectivity index (χ0v) is 9.30. The van der Waals surface area contributed by atoms with Gasteiger partial charge in [0, 0.05) is 18.8 Å². The first kappa shape index (κ1) is 9.66. The Balaban J connectivity index is 2.34. The Bertz CT molecular complexity index is 431. The molecule has 0 fully saturated rings. The first-order valence-corrected chi connectivity index (χ1v) is 5.59. The standard InChI is InChI=1S/C12H15NS/c1-13-7-6-11-5-4-10(3-2-8-14)9-12(11)13/h4-7,9,14H,2-3,8H2,1H3. The molecule has 1 heterocycles. The molecule has 2 aromatic rings. The summed E-state index contributed by atoms with van der Waals surface area (Å²) in [6.07, 6.45) is 4.39. The lowest BCUT2D eigenvalue weighted by Gasteiger charge is -2.01. The Morgan fingerprint density at radius 1 is 1.29 bits per heavy atom. The monoisotopic (exact) mass is 205 g/mol. The Labute approximate surface area is 90.1 Å². The molecule has 1 aromatic heterocycles. The highest BCUT2D eigenvalue weighted by atomic mass is 32.1. The second-order valence-corrected chi connectivity index (χ2v) is 4.09. The molecule has 74 valence electrons. The third kappa shape index (κ3) is 1.80. The van der Waals surface area contributed by atoms with Gasteiger partial charge in [-0.05, 0) is 41.7 Å². The molecule has 0 unspecified atom stereocenters. The van der Waals surface area contributed by atoms with E-state index in [1.165, 1.54) is 16.5 Å². The van der Waals surface area contributed by atoms with Gasteiger partial charge in [0.05, 0.1) is 0 Å². The summed E-state index contributed by atoms with van der Waals surface area (Å²) < 4.78 is 2.17. The number of fused-ring (bicyclic) bond motifs is 1. The van der Waals surface area contributed by atoms with Gasteiger partial charge in [-0.3, -0.25) is 0 Å². The minimum absolute atomic E-state index is 0.963. The van der Waals surface area contributed by atoms with E-state index < -0.39 is 0 Å². The van der Waals surface area contributed by atoms with E-state index in [9.17, 15) is 0 Å². The Kier molecular flexibility index (Phi) is 2.82. The molecule has 0 aliphatic rings. The van der Waals surface area contributed by atoms with Crippen molar-refractivity contribution in [3.63, 3.8) is 0 Å². The molecule has 0 N–H and O–H groups in total. The Morgan fingerprint density at radius 2 is 2.14 bits per heavy atom. The van der Waals surface area contributed by atoms with Gasteiger partial charge in [0.25, 0.3) is 0 Å². The fraction of sp³-hybridized carbons (Fsp3) is 0.333. The number of benzene rings is 1. The maximum absolute atomic E-state index is 4.23. The third-order valence-electron chi connectivity index (χ3n) is 2.58. The largest absolute Gasteiger partial charge is 0.351 e. The van der Waals surface area contributed by atoms with E-state index >= 15 is 0 Å². The van der Waals surface area contributed by atoms with Crippen LogP contribution in [0.15, 0.2) is 30.5 Å². The summed E-state index contributed by atoms with van der Waals surface area (Å²) in [6.45, 7) is 0. The van der Waals surface area contributed by atoms with Gasteiger partial charge in [-0.1, -0.05) is 12.1 Å². The minimum atomic E-state index is 0.963. The molecule has 0 atom stereocenters. The smallest absolute Gasteiger partial charge is 0.0480 e. The van der Waals surface area contributed by atoms with Crippen molar-refractivity contribution in [1.82, 2.24) is 4.57 Å². The molecule has 2 rings (SSSR count). The van der Waals surface area contributed by atoms with E-state index in [-0.39, 0.29) is 0 Å². The van der Waals surface area contributed by atoms with Gasteiger partial charge in [0.15, 0.2) is 0 Å². The molecular weight excluding hydrogens is 190 g/mol. The number of hydrogen-bond acceptors (Lipinski definition) is 1. The lowest BCUT2D eigenvalue weighted by molar-refractivity contribution is 0.930. The van der Waals surface area contributed by atoms with Crippen molar-refractivity contribution in [2.24, 2.45) is 7.05 Å². The van der Waals surface area contributed by atoms with E-state index in [1.807, 2.05) is 0 Å². The molecule has 0 radical (unpaired) electrons. The van der Waals surface area contributed by atoms with Crippen LogP contribution >= 0.6 is 12.6 Å². The maximum Gasteiger partial charge on any atom is 0.0480 e. The van der Waals surface area contributed by atoms with E-state index in [1.54, 1.807) is 0 Å². The summed E-state index contributed by atoms with van der Waals surface area (Å²) in [6, 6.07) is 8.84. The van der Waals surface area contributed by atoms with Crippen molar-refractivity contribution in [1.29, 1.82) is 0 Å². The lowest BCUT2D eigenvalue weighted by Crippen LogP contribution is -1.89. The highest BCUT2D eigenvalue weighted by Gasteiger charge is 1.99. The second kappa shape index (κ2) is 4.09. The molecule has 0 aliphatic heterocycles. The van der Waals surface area contributed by atoms with Crippen molar-refractivity contribution in [2.45, 2.75) is 12.8 Å². The summed E-state index contributed by atoms with van der Waals surface area (Å²) in [5.74, 6) is 0.963. The van der Waals surface area contributed by atoms with E-state index in [4.69, 9.17) is 0 Å². The summed E-state index contributed by atoms with van der Waals surface area (Å²) in [4.78, 5) is 0. The fourth-order valence-electron chi connectivity index (χ4n) is 1.75. The van der Waals surface area contributed by atoms with Crippen molar-refractivity contribution in [2.75, 3.05) is 5.75 Å². The normalized spacial score (nSPS) is 11.0. The first-order valence-electron chi connectivity index (χ1n) is 4.96. The summed E-state index contributed by atoms with van der Waals surface area (Å²) in [5, 5.41) is 1.32. The lowest BCUT2D eigenvalue weighted by atomic mass is 10.1. The molecule has 0 amide bonds. The minimum Gasteiger partial charge on any atom is -0.351 e. The molecule has 14 heavy (non-hydrogen) atoms. The van der Waals surface area contributed by atoms with E-state index in [0.717, 1.165) is 18.6 Å². The van der Waals surface area contributed by atoms with Gasteiger partial charge in [-0.25, -0.2) is 0 Å². The van der Waals surface area contributed by atoms with E-state index in [0.29, 0.717) is 0 Å². The molecule has 0 aliphatic carbocycles. The van der Waals surface area contributed by atoms with Crippen molar-refractivity contribution in [3.05, 3.63) is 36.0 Å². The van der Waals surface area contributed by atoms with Crippen LogP contribution in [0.1, 0.15) is 12.0 Å². The van der Waals surface area contributed by atoms with Crippen LogP contribution < -0.4 is 0 Å². The number of thiol groups is 1. The van der Waals surface area contributed by atoms with Crippen molar-refractivity contribution >= 4 is 23.5 Å². The second-order valence-electron chi connectivity index (χ2n) is 3.65. The Morgan fingerprint density at radius 3 is 2.93 bits per heavy atom. The zero-order valence-electron chi connectivity index (χ0n) is 8.40. The topological polar surface area (TPSA) is 4.93 Å². The van der Waals surface area contributed by atoms with Crippen LogP contribution in [-0.4, -0.2) is 10.3 Å².